The summed E-state index contributed by atoms with van der Waals surface area (Å²) in [5.41, 5.74) is 1.06. The molecule has 2 aromatic carbocycles. The third-order valence-corrected chi connectivity index (χ3v) is 8.27. The summed E-state index contributed by atoms with van der Waals surface area (Å²) in [6.07, 6.45) is 5.69. The number of aliphatic carboxylic acids is 1. The van der Waals surface area contributed by atoms with Crippen molar-refractivity contribution in [3.8, 4) is 34.7 Å². The molecule has 36 heavy (non-hydrogen) atoms. The molecule has 0 amide bonds. The fraction of sp³-hybridized carbons (Fsp3) is 0.286. The molecule has 0 aliphatic heterocycles. The Morgan fingerprint density at radius 3 is 2.19 bits per heavy atom. The molecular formula is C28H29FNO5P. The zero-order valence-electron chi connectivity index (χ0n) is 20.8. The Morgan fingerprint density at radius 1 is 1.14 bits per heavy atom. The molecule has 0 spiro atoms. The van der Waals surface area contributed by atoms with Gasteiger partial charge in [-0.05, 0) is 48.6 Å². The first-order chi connectivity index (χ1) is 16.9. The minimum absolute atomic E-state index is 0.108. The van der Waals surface area contributed by atoms with E-state index in [1.807, 2.05) is 44.2 Å². The highest BCUT2D eigenvalue weighted by molar-refractivity contribution is 7.43. The zero-order valence-corrected chi connectivity index (χ0v) is 21.8. The molecule has 3 rings (SSSR count). The van der Waals surface area contributed by atoms with Gasteiger partial charge in [0.15, 0.2) is 0 Å². The molecule has 0 fully saturated rings. The van der Waals surface area contributed by atoms with E-state index in [9.17, 15) is 24.0 Å². The number of carboxylic acid groups (broad SMARTS) is 1. The highest BCUT2D eigenvalue weighted by Gasteiger charge is 2.60. The number of carbonyl (C=O) groups is 1. The van der Waals surface area contributed by atoms with Crippen molar-refractivity contribution >= 4 is 14.0 Å². The van der Waals surface area contributed by atoms with Crippen LogP contribution in [-0.4, -0.2) is 33.4 Å². The first kappa shape index (κ1) is 27.3. The number of benzene rings is 2. The maximum absolute atomic E-state index is 13.9. The van der Waals surface area contributed by atoms with Crippen LogP contribution < -0.4 is 0 Å². The fourth-order valence-electron chi connectivity index (χ4n) is 4.56. The second kappa shape index (κ2) is 10.4. The van der Waals surface area contributed by atoms with Gasteiger partial charge < -0.3 is 14.7 Å². The van der Waals surface area contributed by atoms with Crippen LogP contribution in [0, 0.1) is 25.1 Å². The maximum Gasteiger partial charge on any atom is 0.335 e. The highest BCUT2D eigenvalue weighted by Crippen LogP contribution is 2.55. The summed E-state index contributed by atoms with van der Waals surface area (Å²) in [6, 6.07) is 15.0. The van der Waals surface area contributed by atoms with Crippen LogP contribution in [0.25, 0.3) is 22.4 Å². The predicted molar refractivity (Wildman–Crippen MR) is 139 cm³/mol. The molecule has 1 aromatic heterocycles. The summed E-state index contributed by atoms with van der Waals surface area (Å²) in [4.78, 5) is 17.5. The largest absolute Gasteiger partial charge is 0.480 e. The summed E-state index contributed by atoms with van der Waals surface area (Å²) in [7, 11) is -2.44. The van der Waals surface area contributed by atoms with Gasteiger partial charge in [-0.2, -0.15) is 0 Å². The Hall–Kier alpha value is -3.30. The van der Waals surface area contributed by atoms with Crippen LogP contribution in [0.4, 0.5) is 4.39 Å². The van der Waals surface area contributed by atoms with E-state index in [1.165, 1.54) is 31.2 Å². The Labute approximate surface area is 211 Å². The number of nitrogens with zero attached hydrogens (tertiary/aromatic N) is 1. The van der Waals surface area contributed by atoms with E-state index in [2.05, 4.69) is 5.92 Å². The van der Waals surface area contributed by atoms with Gasteiger partial charge in [-0.25, -0.2) is 9.18 Å². The Bertz CT molecular complexity index is 1350. The molecule has 0 aliphatic carbocycles. The fourth-order valence-corrected chi connectivity index (χ4v) is 5.68. The van der Waals surface area contributed by atoms with E-state index in [4.69, 9.17) is 15.9 Å². The van der Waals surface area contributed by atoms with Gasteiger partial charge in [0, 0.05) is 18.2 Å². The molecule has 8 heteroatoms. The van der Waals surface area contributed by atoms with Crippen LogP contribution in [0.1, 0.15) is 43.5 Å². The molecule has 188 valence electrons. The summed E-state index contributed by atoms with van der Waals surface area (Å²) in [6.45, 7) is 6.70. The molecule has 2 N–H and O–H groups in total. The van der Waals surface area contributed by atoms with Crippen molar-refractivity contribution in [3.63, 3.8) is 0 Å². The smallest absolute Gasteiger partial charge is 0.335 e. The second-order valence-corrected chi connectivity index (χ2v) is 10.7. The van der Waals surface area contributed by atoms with Gasteiger partial charge in [-0.1, -0.05) is 62.2 Å². The lowest BCUT2D eigenvalue weighted by Crippen LogP contribution is -2.53. The van der Waals surface area contributed by atoms with E-state index in [1.54, 1.807) is 6.92 Å². The van der Waals surface area contributed by atoms with Crippen molar-refractivity contribution in [2.24, 2.45) is 0 Å². The summed E-state index contributed by atoms with van der Waals surface area (Å²) in [5.74, 6) is -0.329. The van der Waals surface area contributed by atoms with E-state index in [0.29, 0.717) is 28.1 Å². The molecule has 3 atom stereocenters. The molecule has 0 aliphatic rings. The van der Waals surface area contributed by atoms with E-state index < -0.39 is 30.6 Å². The molecule has 6 nitrogen and oxygen atoms in total. The summed E-state index contributed by atoms with van der Waals surface area (Å²) < 4.78 is 31.9. The topological polar surface area (TPSA) is 96.7 Å². The molecule has 1 heterocycles. The Morgan fingerprint density at radius 2 is 1.72 bits per heavy atom. The third-order valence-electron chi connectivity index (χ3n) is 6.44. The Kier molecular flexibility index (Phi) is 7.85. The van der Waals surface area contributed by atoms with Crippen molar-refractivity contribution in [1.82, 2.24) is 4.98 Å². The number of carboxylic acids is 1. The van der Waals surface area contributed by atoms with Crippen LogP contribution in [0.5, 0.6) is 0 Å². The normalized spacial score (nSPS) is 15.5. The highest BCUT2D eigenvalue weighted by atomic mass is 31.1. The van der Waals surface area contributed by atoms with Crippen molar-refractivity contribution < 1.29 is 28.5 Å². The molecule has 3 aromatic rings. The Balaban J connectivity index is 2.59. The first-order valence-corrected chi connectivity index (χ1v) is 12.6. The number of aromatic nitrogens is 1. The van der Waals surface area contributed by atoms with Gasteiger partial charge in [0.25, 0.3) is 0 Å². The molecule has 0 saturated heterocycles. The van der Waals surface area contributed by atoms with Crippen LogP contribution in [0.3, 0.4) is 0 Å². The van der Waals surface area contributed by atoms with Crippen molar-refractivity contribution in [2.45, 2.75) is 44.4 Å². The maximum atomic E-state index is 13.9. The molecular weight excluding hydrogens is 480 g/mol. The predicted octanol–water partition coefficient (Wildman–Crippen LogP) is 5.77. The number of hydrogen-bond acceptors (Lipinski definition) is 5. The van der Waals surface area contributed by atoms with Crippen LogP contribution in [0.2, 0.25) is 0 Å². The lowest BCUT2D eigenvalue weighted by Gasteiger charge is -2.40. The molecule has 0 saturated carbocycles. The lowest BCUT2D eigenvalue weighted by atomic mass is 9.74. The van der Waals surface area contributed by atoms with Gasteiger partial charge in [0.05, 0.1) is 11.4 Å². The van der Waals surface area contributed by atoms with E-state index >= 15 is 0 Å². The minimum atomic E-state index is -3.53. The first-order valence-electron chi connectivity index (χ1n) is 11.3. The monoisotopic (exact) mass is 509 g/mol. The van der Waals surface area contributed by atoms with Gasteiger partial charge >= 0.3 is 5.97 Å². The van der Waals surface area contributed by atoms with E-state index in [0.717, 1.165) is 12.7 Å². The number of pyridine rings is 1. The second-order valence-electron chi connectivity index (χ2n) is 9.01. The molecule has 0 bridgehead atoms. The third kappa shape index (κ3) is 4.37. The number of terminal acetylenes is 1. The van der Waals surface area contributed by atoms with Crippen LogP contribution in [-0.2, 0) is 19.5 Å². The zero-order chi connectivity index (χ0) is 26.8. The van der Waals surface area contributed by atoms with Crippen LogP contribution in [0.15, 0.2) is 54.6 Å². The average molecular weight is 510 g/mol. The number of rotatable bonds is 8. The summed E-state index contributed by atoms with van der Waals surface area (Å²) >= 11 is 0. The van der Waals surface area contributed by atoms with Gasteiger partial charge in [-0.15, -0.1) is 6.42 Å². The molecule has 0 radical (unpaired) electrons. The number of halogens is 1. The number of aliphatic hydroxyl groups is 1. The van der Waals surface area contributed by atoms with Gasteiger partial charge in [0.1, 0.15) is 11.4 Å². The average Bonchev–Trinajstić information content (AvgIpc) is 2.84. The van der Waals surface area contributed by atoms with E-state index in [-0.39, 0.29) is 11.5 Å². The quantitative estimate of drug-likeness (QED) is 0.296. The van der Waals surface area contributed by atoms with Gasteiger partial charge in [0.2, 0.25) is 13.2 Å². The van der Waals surface area contributed by atoms with Gasteiger partial charge in [-0.3, -0.25) is 9.55 Å². The minimum Gasteiger partial charge on any atom is -0.480 e. The SMILES string of the molecule is C#CC(C(=O)O)([PH](=O)OC)C(C)(O)c1c(C(C)C)nc(-c2ccccc2)c(C)c1-c1ccc(F)cc1. The summed E-state index contributed by atoms with van der Waals surface area (Å²) in [5, 5.41) is 19.7. The number of hydrogen-bond donors (Lipinski definition) is 2. The van der Waals surface area contributed by atoms with Crippen molar-refractivity contribution in [3.05, 3.63) is 77.2 Å². The standard InChI is InChI=1S/C28H29FNO5P/c1-7-28(26(31)32,36(34)35-6)27(5,33)23-22(19-13-15-21(29)16-14-19)18(4)25(30-24(23)17(2)3)20-11-9-8-10-12-20/h1,8-17,33,36H,2-6H3,(H,31,32). The van der Waals surface area contributed by atoms with Crippen LogP contribution >= 0.6 is 8.03 Å². The molecule has 3 unspecified atom stereocenters. The lowest BCUT2D eigenvalue weighted by molar-refractivity contribution is -0.145. The van der Waals surface area contributed by atoms with Crippen molar-refractivity contribution in [1.29, 1.82) is 0 Å². The van der Waals surface area contributed by atoms with Crippen molar-refractivity contribution in [2.75, 3.05) is 7.11 Å².